The zero-order chi connectivity index (χ0) is 15.8. The zero-order valence-electron chi connectivity index (χ0n) is 10.5. The largest absolute Gasteiger partial charge is 0.418 e. The van der Waals surface area contributed by atoms with Crippen LogP contribution >= 0.6 is 0 Å². The van der Waals surface area contributed by atoms with Crippen LogP contribution in [0.15, 0.2) is 18.2 Å². The van der Waals surface area contributed by atoms with Crippen molar-refractivity contribution >= 4 is 23.2 Å². The second-order valence-corrected chi connectivity index (χ2v) is 4.43. The molecular weight excluding hydrogens is 293 g/mol. The van der Waals surface area contributed by atoms with Gasteiger partial charge in [-0.05, 0) is 12.5 Å². The molecule has 2 amide bonds. The fourth-order valence-corrected chi connectivity index (χ4v) is 2.08. The number of non-ortho nitro benzene ring substituents is 1. The number of halogens is 3. The van der Waals surface area contributed by atoms with Gasteiger partial charge in [-0.1, -0.05) is 0 Å². The van der Waals surface area contributed by atoms with Crippen LogP contribution in [0.2, 0.25) is 0 Å². The predicted octanol–water partition coefficient (Wildman–Crippen LogP) is 2.66. The second kappa shape index (κ2) is 5.15. The summed E-state index contributed by atoms with van der Waals surface area (Å²) >= 11 is 0. The summed E-state index contributed by atoms with van der Waals surface area (Å²) in [5, 5.41) is 10.6. The number of nitrogens with zero attached hydrogens (tertiary/aromatic N) is 2. The Morgan fingerprint density at radius 1 is 1.14 bits per heavy atom. The summed E-state index contributed by atoms with van der Waals surface area (Å²) in [7, 11) is 0. The van der Waals surface area contributed by atoms with E-state index in [0.717, 1.165) is 12.1 Å². The fourth-order valence-electron chi connectivity index (χ4n) is 2.08. The highest BCUT2D eigenvalue weighted by Gasteiger charge is 2.40. The normalized spacial score (nSPS) is 16.2. The van der Waals surface area contributed by atoms with Crippen molar-refractivity contribution in [1.82, 2.24) is 0 Å². The Kier molecular flexibility index (Phi) is 3.67. The van der Waals surface area contributed by atoms with Gasteiger partial charge in [-0.3, -0.25) is 19.7 Å². The van der Waals surface area contributed by atoms with E-state index in [2.05, 4.69) is 0 Å². The summed E-state index contributed by atoms with van der Waals surface area (Å²) in [6.45, 7) is 0. The third-order valence-electron chi connectivity index (χ3n) is 3.02. The van der Waals surface area contributed by atoms with Gasteiger partial charge >= 0.3 is 6.18 Å². The van der Waals surface area contributed by atoms with Crippen molar-refractivity contribution < 1.29 is 27.7 Å². The van der Waals surface area contributed by atoms with Crippen molar-refractivity contribution in [3.05, 3.63) is 33.9 Å². The van der Waals surface area contributed by atoms with Crippen LogP contribution in [0, 0.1) is 10.1 Å². The lowest BCUT2D eigenvalue weighted by Crippen LogP contribution is -2.41. The Labute approximate surface area is 116 Å². The molecule has 0 spiro atoms. The molecule has 1 aromatic rings. The number of nitro benzene ring substituents is 1. The summed E-state index contributed by atoms with van der Waals surface area (Å²) < 4.78 is 39.1. The molecule has 0 unspecified atom stereocenters. The first-order valence-corrected chi connectivity index (χ1v) is 5.93. The maximum absolute atomic E-state index is 13.0. The van der Waals surface area contributed by atoms with Crippen LogP contribution in [0.3, 0.4) is 0 Å². The number of nitro groups is 1. The number of imide groups is 1. The first-order chi connectivity index (χ1) is 9.71. The van der Waals surface area contributed by atoms with E-state index in [1.807, 2.05) is 0 Å². The average molecular weight is 302 g/mol. The first kappa shape index (κ1) is 14.9. The summed E-state index contributed by atoms with van der Waals surface area (Å²) in [5.41, 5.74) is -2.80. The fraction of sp³-hybridized carbons (Fsp3) is 0.333. The van der Waals surface area contributed by atoms with Gasteiger partial charge in [0.2, 0.25) is 11.8 Å². The van der Waals surface area contributed by atoms with E-state index in [1.54, 1.807) is 0 Å². The van der Waals surface area contributed by atoms with Gasteiger partial charge in [-0.2, -0.15) is 13.2 Å². The minimum absolute atomic E-state index is 0.0416. The maximum atomic E-state index is 13.0. The lowest BCUT2D eigenvalue weighted by atomic mass is 10.0. The molecule has 0 radical (unpaired) electrons. The second-order valence-electron chi connectivity index (χ2n) is 4.43. The number of amides is 2. The molecule has 1 heterocycles. The van der Waals surface area contributed by atoms with Gasteiger partial charge in [0.15, 0.2) is 0 Å². The van der Waals surface area contributed by atoms with Crippen molar-refractivity contribution in [1.29, 1.82) is 0 Å². The SMILES string of the molecule is O=C1CCCC(=O)N1c1ccc([N+](=O)[O-])cc1C(F)(F)F. The maximum Gasteiger partial charge on any atom is 0.418 e. The molecule has 0 saturated carbocycles. The minimum Gasteiger partial charge on any atom is -0.274 e. The monoisotopic (exact) mass is 302 g/mol. The Hall–Kier alpha value is -2.45. The Balaban J connectivity index is 2.59. The highest BCUT2D eigenvalue weighted by Crippen LogP contribution is 2.39. The van der Waals surface area contributed by atoms with Crippen molar-refractivity contribution in [3.8, 4) is 0 Å². The molecule has 2 rings (SSSR count). The van der Waals surface area contributed by atoms with Crippen LogP contribution in [-0.2, 0) is 15.8 Å². The van der Waals surface area contributed by atoms with Crippen molar-refractivity contribution in [2.45, 2.75) is 25.4 Å². The lowest BCUT2D eigenvalue weighted by Gasteiger charge is -2.27. The van der Waals surface area contributed by atoms with Gasteiger partial charge in [0.05, 0.1) is 16.2 Å². The summed E-state index contributed by atoms with van der Waals surface area (Å²) in [6.07, 6.45) is -4.72. The number of anilines is 1. The summed E-state index contributed by atoms with van der Waals surface area (Å²) in [4.78, 5) is 33.5. The molecule has 0 aliphatic carbocycles. The standard InChI is InChI=1S/C12H9F3N2O4/c13-12(14,15)8-6-7(17(20)21)4-5-9(8)16-10(18)2-1-3-11(16)19/h4-6H,1-3H2. The molecule has 6 nitrogen and oxygen atoms in total. The Bertz CT molecular complexity index is 611. The zero-order valence-corrected chi connectivity index (χ0v) is 10.5. The molecule has 1 saturated heterocycles. The van der Waals surface area contributed by atoms with Crippen LogP contribution in [0.5, 0.6) is 0 Å². The van der Waals surface area contributed by atoms with Gasteiger partial charge in [-0.25, -0.2) is 4.90 Å². The number of hydrogen-bond acceptors (Lipinski definition) is 4. The highest BCUT2D eigenvalue weighted by atomic mass is 19.4. The average Bonchev–Trinajstić information content (AvgIpc) is 2.37. The number of benzene rings is 1. The van der Waals surface area contributed by atoms with Gasteiger partial charge in [0, 0.05) is 25.0 Å². The van der Waals surface area contributed by atoms with Gasteiger partial charge in [0.1, 0.15) is 0 Å². The van der Waals surface area contributed by atoms with Crippen LogP contribution in [-0.4, -0.2) is 16.7 Å². The van der Waals surface area contributed by atoms with Crippen LogP contribution in [0.25, 0.3) is 0 Å². The molecule has 0 aromatic heterocycles. The summed E-state index contributed by atoms with van der Waals surface area (Å²) in [6, 6.07) is 1.94. The van der Waals surface area contributed by atoms with E-state index in [4.69, 9.17) is 0 Å². The third kappa shape index (κ3) is 2.86. The molecule has 0 bridgehead atoms. The first-order valence-electron chi connectivity index (χ1n) is 5.93. The molecule has 21 heavy (non-hydrogen) atoms. The van der Waals surface area contributed by atoms with E-state index < -0.39 is 39.9 Å². The molecule has 1 aliphatic rings. The molecule has 0 N–H and O–H groups in total. The smallest absolute Gasteiger partial charge is 0.274 e. The third-order valence-corrected chi connectivity index (χ3v) is 3.02. The van der Waals surface area contributed by atoms with Crippen LogP contribution in [0.4, 0.5) is 24.5 Å². The Morgan fingerprint density at radius 3 is 2.19 bits per heavy atom. The molecule has 1 aromatic carbocycles. The Morgan fingerprint density at radius 2 is 1.71 bits per heavy atom. The molecular formula is C12H9F3N2O4. The predicted molar refractivity (Wildman–Crippen MR) is 64.4 cm³/mol. The quantitative estimate of drug-likeness (QED) is 0.478. The van der Waals surface area contributed by atoms with Crippen molar-refractivity contribution in [2.24, 2.45) is 0 Å². The number of carbonyl (C=O) groups is 2. The van der Waals surface area contributed by atoms with Crippen molar-refractivity contribution in [2.75, 3.05) is 4.90 Å². The van der Waals surface area contributed by atoms with E-state index in [0.29, 0.717) is 11.0 Å². The highest BCUT2D eigenvalue weighted by molar-refractivity contribution is 6.16. The molecule has 1 fully saturated rings. The lowest BCUT2D eigenvalue weighted by molar-refractivity contribution is -0.385. The van der Waals surface area contributed by atoms with E-state index in [-0.39, 0.29) is 19.3 Å². The van der Waals surface area contributed by atoms with Gasteiger partial charge < -0.3 is 0 Å². The number of rotatable bonds is 2. The molecule has 1 aliphatic heterocycles. The number of alkyl halides is 3. The summed E-state index contributed by atoms with van der Waals surface area (Å²) in [5.74, 6) is -1.49. The number of hydrogen-bond donors (Lipinski definition) is 0. The topological polar surface area (TPSA) is 80.5 Å². The molecule has 9 heteroatoms. The molecule has 0 atom stereocenters. The van der Waals surface area contributed by atoms with Crippen LogP contribution < -0.4 is 4.90 Å². The number of piperidine rings is 1. The minimum atomic E-state index is -4.92. The number of carbonyl (C=O) groups excluding carboxylic acids is 2. The van der Waals surface area contributed by atoms with E-state index in [1.165, 1.54) is 0 Å². The van der Waals surface area contributed by atoms with E-state index >= 15 is 0 Å². The van der Waals surface area contributed by atoms with E-state index in [9.17, 15) is 32.9 Å². The van der Waals surface area contributed by atoms with Gasteiger partial charge in [0.25, 0.3) is 5.69 Å². The molecule has 112 valence electrons. The van der Waals surface area contributed by atoms with Gasteiger partial charge in [-0.15, -0.1) is 0 Å². The van der Waals surface area contributed by atoms with Crippen molar-refractivity contribution in [3.63, 3.8) is 0 Å². The van der Waals surface area contributed by atoms with Crippen LogP contribution in [0.1, 0.15) is 24.8 Å².